The first-order chi connectivity index (χ1) is 15.7. The fourth-order valence-electron chi connectivity index (χ4n) is 3.84. The third-order valence-corrected chi connectivity index (χ3v) is 5.40. The van der Waals surface area contributed by atoms with Crippen molar-refractivity contribution < 1.29 is 4.79 Å². The second kappa shape index (κ2) is 7.85. The molecule has 0 aliphatic carbocycles. The van der Waals surface area contributed by atoms with Crippen LogP contribution >= 0.6 is 0 Å². The Bertz CT molecular complexity index is 1550. The predicted molar refractivity (Wildman–Crippen MR) is 124 cm³/mol. The van der Waals surface area contributed by atoms with Crippen LogP contribution < -0.4 is 5.32 Å². The maximum atomic E-state index is 11.8. The van der Waals surface area contributed by atoms with Gasteiger partial charge in [-0.25, -0.2) is 9.97 Å². The quantitative estimate of drug-likeness (QED) is 0.296. The van der Waals surface area contributed by atoms with E-state index >= 15 is 0 Å². The van der Waals surface area contributed by atoms with Gasteiger partial charge in [0, 0.05) is 53.7 Å². The molecule has 0 aliphatic heterocycles. The van der Waals surface area contributed by atoms with Crippen LogP contribution in [0.1, 0.15) is 5.56 Å². The largest absolute Gasteiger partial charge is 0.354 e. The van der Waals surface area contributed by atoms with Crippen molar-refractivity contribution in [1.82, 2.24) is 25.3 Å². The smallest absolute Gasteiger partial charge is 0.261 e. The number of nitriles is 1. The number of hydrogen-bond donors (Lipinski definition) is 3. The van der Waals surface area contributed by atoms with Crippen molar-refractivity contribution >= 4 is 34.1 Å². The molecular formula is C25H18N6O. The zero-order valence-electron chi connectivity index (χ0n) is 17.2. The van der Waals surface area contributed by atoms with Gasteiger partial charge >= 0.3 is 0 Å². The Balaban J connectivity index is 1.60. The number of carbonyl (C=O) groups is 1. The van der Waals surface area contributed by atoms with Crippen LogP contribution in [0.25, 0.3) is 50.4 Å². The van der Waals surface area contributed by atoms with Crippen LogP contribution in [0.15, 0.2) is 72.8 Å². The van der Waals surface area contributed by atoms with Gasteiger partial charge in [0.2, 0.25) is 0 Å². The molecular weight excluding hydrogens is 400 g/mol. The summed E-state index contributed by atoms with van der Waals surface area (Å²) >= 11 is 0. The third-order valence-electron chi connectivity index (χ3n) is 5.40. The van der Waals surface area contributed by atoms with Crippen molar-refractivity contribution in [2.75, 3.05) is 7.05 Å². The van der Waals surface area contributed by atoms with Gasteiger partial charge in [0.05, 0.1) is 0 Å². The molecule has 1 aromatic carbocycles. The lowest BCUT2D eigenvalue weighted by Gasteiger charge is -2.06. The van der Waals surface area contributed by atoms with E-state index in [9.17, 15) is 10.1 Å². The minimum Gasteiger partial charge on any atom is -0.354 e. The highest BCUT2D eigenvalue weighted by Crippen LogP contribution is 2.34. The molecule has 7 nitrogen and oxygen atoms in total. The standard InChI is InChI=1S/C25H18N6O/c1-27-25(32)17(12-26)10-15-3-2-4-16(9-15)18-11-21-22(14-31-24(21)30-13-18)19-5-7-28-23-20(19)6-8-29-23/h2-11,13-14H,1H3,(H,27,32)(H,28,29)(H,30,31)/b17-10+. The molecule has 4 aromatic heterocycles. The van der Waals surface area contributed by atoms with Gasteiger partial charge in [-0.3, -0.25) is 4.79 Å². The Morgan fingerprint density at radius 3 is 2.75 bits per heavy atom. The fourth-order valence-corrected chi connectivity index (χ4v) is 3.84. The summed E-state index contributed by atoms with van der Waals surface area (Å²) in [6.07, 6.45) is 9.03. The highest BCUT2D eigenvalue weighted by molar-refractivity contribution is 6.04. The van der Waals surface area contributed by atoms with Gasteiger partial charge < -0.3 is 15.3 Å². The molecule has 0 aliphatic rings. The van der Waals surface area contributed by atoms with Crippen LogP contribution in [0, 0.1) is 11.3 Å². The minimum atomic E-state index is -0.411. The van der Waals surface area contributed by atoms with Gasteiger partial charge in [-0.15, -0.1) is 0 Å². The number of likely N-dealkylation sites (N-methyl/N-ethyl adjacent to an activating group) is 1. The third kappa shape index (κ3) is 3.30. The summed E-state index contributed by atoms with van der Waals surface area (Å²) in [7, 11) is 1.50. The molecule has 0 fully saturated rings. The normalized spacial score (nSPS) is 11.6. The average Bonchev–Trinajstić information content (AvgIpc) is 3.48. The number of H-pyrrole nitrogens is 2. The molecule has 0 atom stereocenters. The molecule has 0 saturated heterocycles. The van der Waals surface area contributed by atoms with Gasteiger partial charge in [-0.2, -0.15) is 5.26 Å². The summed E-state index contributed by atoms with van der Waals surface area (Å²) in [6, 6.07) is 15.7. The summed E-state index contributed by atoms with van der Waals surface area (Å²) in [5, 5.41) is 13.8. The number of aromatic nitrogens is 4. The van der Waals surface area contributed by atoms with Crippen LogP contribution in [0.3, 0.4) is 0 Å². The second-order valence-electron chi connectivity index (χ2n) is 7.30. The van der Waals surface area contributed by atoms with Gasteiger partial charge in [0.25, 0.3) is 5.91 Å². The summed E-state index contributed by atoms with van der Waals surface area (Å²) in [5.74, 6) is -0.411. The summed E-state index contributed by atoms with van der Waals surface area (Å²) < 4.78 is 0. The van der Waals surface area contributed by atoms with E-state index in [0.717, 1.165) is 49.9 Å². The number of carbonyl (C=O) groups excluding carboxylic acids is 1. The van der Waals surface area contributed by atoms with Crippen LogP contribution in [0.4, 0.5) is 0 Å². The molecule has 7 heteroatoms. The molecule has 0 unspecified atom stereocenters. The minimum absolute atomic E-state index is 0.0550. The molecule has 5 aromatic rings. The molecule has 3 N–H and O–H groups in total. The molecule has 0 bridgehead atoms. The summed E-state index contributed by atoms with van der Waals surface area (Å²) in [5.41, 5.74) is 6.45. The molecule has 4 heterocycles. The van der Waals surface area contributed by atoms with Crippen LogP contribution in [0.2, 0.25) is 0 Å². The lowest BCUT2D eigenvalue weighted by molar-refractivity contribution is -0.116. The number of amides is 1. The van der Waals surface area contributed by atoms with Gasteiger partial charge in [0.15, 0.2) is 0 Å². The molecule has 0 spiro atoms. The number of fused-ring (bicyclic) bond motifs is 2. The van der Waals surface area contributed by atoms with Crippen molar-refractivity contribution in [2.45, 2.75) is 0 Å². The average molecular weight is 418 g/mol. The van der Waals surface area contributed by atoms with Gasteiger partial charge in [-0.05, 0) is 47.0 Å². The first-order valence-electron chi connectivity index (χ1n) is 10.0. The number of nitrogens with zero attached hydrogens (tertiary/aromatic N) is 3. The first-order valence-corrected chi connectivity index (χ1v) is 10.0. The molecule has 5 rings (SSSR count). The second-order valence-corrected chi connectivity index (χ2v) is 7.30. The topological polar surface area (TPSA) is 110 Å². The zero-order valence-corrected chi connectivity index (χ0v) is 17.2. The Hall–Kier alpha value is -4.70. The zero-order chi connectivity index (χ0) is 22.1. The number of aromatic amines is 2. The van der Waals surface area contributed by atoms with E-state index in [1.165, 1.54) is 7.05 Å². The van der Waals surface area contributed by atoms with Crippen LogP contribution in [-0.2, 0) is 4.79 Å². The number of pyridine rings is 2. The summed E-state index contributed by atoms with van der Waals surface area (Å²) in [6.45, 7) is 0. The number of hydrogen-bond acceptors (Lipinski definition) is 4. The van der Waals surface area contributed by atoms with Crippen molar-refractivity contribution in [3.8, 4) is 28.3 Å². The first kappa shape index (κ1) is 19.3. The van der Waals surface area contributed by atoms with E-state index in [4.69, 9.17) is 0 Å². The molecule has 0 saturated carbocycles. The molecule has 1 amide bonds. The number of benzene rings is 1. The molecule has 154 valence electrons. The molecule has 32 heavy (non-hydrogen) atoms. The maximum absolute atomic E-state index is 11.8. The van der Waals surface area contributed by atoms with E-state index in [2.05, 4.69) is 31.3 Å². The van der Waals surface area contributed by atoms with Crippen LogP contribution in [-0.4, -0.2) is 32.9 Å². The Kier molecular flexibility index (Phi) is 4.73. The van der Waals surface area contributed by atoms with Gasteiger partial charge in [0.1, 0.15) is 22.9 Å². The summed E-state index contributed by atoms with van der Waals surface area (Å²) in [4.78, 5) is 27.2. The lowest BCUT2D eigenvalue weighted by Crippen LogP contribution is -2.19. The van der Waals surface area contributed by atoms with Crippen molar-refractivity contribution in [3.05, 3.63) is 78.4 Å². The SMILES string of the molecule is CNC(=O)/C(C#N)=C/c1cccc(-c2cnc3[nH]cc(-c4ccnc5[nH]ccc45)c3c2)c1. The van der Waals surface area contributed by atoms with E-state index in [-0.39, 0.29) is 5.57 Å². The highest BCUT2D eigenvalue weighted by Gasteiger charge is 2.13. The van der Waals surface area contributed by atoms with E-state index < -0.39 is 5.91 Å². The van der Waals surface area contributed by atoms with E-state index in [1.54, 1.807) is 12.3 Å². The predicted octanol–water partition coefficient (Wildman–Crippen LogP) is 4.43. The Morgan fingerprint density at radius 2 is 1.91 bits per heavy atom. The monoisotopic (exact) mass is 418 g/mol. The van der Waals surface area contributed by atoms with Gasteiger partial charge in [-0.1, -0.05) is 18.2 Å². The van der Waals surface area contributed by atoms with Crippen molar-refractivity contribution in [1.29, 1.82) is 5.26 Å². The molecule has 0 radical (unpaired) electrons. The number of rotatable bonds is 4. The van der Waals surface area contributed by atoms with E-state index in [1.807, 2.05) is 61.1 Å². The fraction of sp³-hybridized carbons (Fsp3) is 0.0400. The lowest BCUT2D eigenvalue weighted by atomic mass is 10.00. The Labute approximate surface area is 183 Å². The maximum Gasteiger partial charge on any atom is 0.261 e. The van der Waals surface area contributed by atoms with E-state index in [0.29, 0.717) is 0 Å². The highest BCUT2D eigenvalue weighted by atomic mass is 16.1. The van der Waals surface area contributed by atoms with Crippen molar-refractivity contribution in [2.24, 2.45) is 0 Å². The van der Waals surface area contributed by atoms with Crippen LogP contribution in [0.5, 0.6) is 0 Å². The van der Waals surface area contributed by atoms with Crippen molar-refractivity contribution in [3.63, 3.8) is 0 Å². The Morgan fingerprint density at radius 1 is 1.03 bits per heavy atom. The number of nitrogens with one attached hydrogen (secondary N) is 3.